The van der Waals surface area contributed by atoms with Crippen molar-refractivity contribution in [2.45, 2.75) is 32.7 Å². The van der Waals surface area contributed by atoms with Gasteiger partial charge < -0.3 is 10.6 Å². The lowest BCUT2D eigenvalue weighted by atomic mass is 9.90. The zero-order valence-electron chi connectivity index (χ0n) is 19.8. The van der Waals surface area contributed by atoms with Crippen LogP contribution < -0.4 is 10.6 Å². The first-order chi connectivity index (χ1) is 17.1. The van der Waals surface area contributed by atoms with Crippen LogP contribution in [0.5, 0.6) is 0 Å². The van der Waals surface area contributed by atoms with Gasteiger partial charge in [-0.1, -0.05) is 13.0 Å². The van der Waals surface area contributed by atoms with Crippen LogP contribution in [0.2, 0.25) is 0 Å². The summed E-state index contributed by atoms with van der Waals surface area (Å²) in [6, 6.07) is 13.7. The van der Waals surface area contributed by atoms with Crippen LogP contribution in [-0.2, 0) is 11.3 Å². The fourth-order valence-corrected chi connectivity index (χ4v) is 4.81. The van der Waals surface area contributed by atoms with E-state index in [0.29, 0.717) is 23.5 Å². The van der Waals surface area contributed by atoms with Gasteiger partial charge >= 0.3 is 0 Å². The van der Waals surface area contributed by atoms with E-state index in [2.05, 4.69) is 50.6 Å². The third-order valence-electron chi connectivity index (χ3n) is 6.66. The van der Waals surface area contributed by atoms with Crippen LogP contribution in [0.1, 0.15) is 43.0 Å². The molecule has 1 fully saturated rings. The molecule has 176 valence electrons. The molecule has 1 amide bonds. The minimum Gasteiger partial charge on any atom is -0.381 e. The van der Waals surface area contributed by atoms with Gasteiger partial charge in [-0.2, -0.15) is 5.26 Å². The van der Waals surface area contributed by atoms with E-state index in [9.17, 15) is 4.79 Å². The summed E-state index contributed by atoms with van der Waals surface area (Å²) in [6.45, 7) is 5.90. The first-order valence-corrected chi connectivity index (χ1v) is 12.1. The first-order valence-electron chi connectivity index (χ1n) is 12.1. The van der Waals surface area contributed by atoms with Crippen molar-refractivity contribution in [1.29, 1.82) is 5.26 Å². The number of aromatic nitrogens is 2. The zero-order valence-corrected chi connectivity index (χ0v) is 19.8. The van der Waals surface area contributed by atoms with E-state index in [1.807, 2.05) is 24.5 Å². The number of hydrogen-bond donors (Lipinski definition) is 2. The van der Waals surface area contributed by atoms with E-state index >= 15 is 0 Å². The van der Waals surface area contributed by atoms with Crippen molar-refractivity contribution < 1.29 is 4.79 Å². The van der Waals surface area contributed by atoms with Crippen molar-refractivity contribution >= 4 is 22.9 Å². The number of nitrogens with one attached hydrogen (secondary N) is 2. The summed E-state index contributed by atoms with van der Waals surface area (Å²) in [7, 11) is 0. The molecule has 5 rings (SSSR count). The average Bonchev–Trinajstić information content (AvgIpc) is 3.41. The normalized spacial score (nSPS) is 15.3. The van der Waals surface area contributed by atoms with Gasteiger partial charge in [0.2, 0.25) is 0 Å². The number of benzene rings is 1. The number of amides is 1. The molecule has 0 atom stereocenters. The summed E-state index contributed by atoms with van der Waals surface area (Å²) in [4.78, 5) is 24.5. The van der Waals surface area contributed by atoms with E-state index in [1.165, 1.54) is 24.6 Å². The lowest BCUT2D eigenvalue weighted by Gasteiger charge is -2.25. The van der Waals surface area contributed by atoms with Gasteiger partial charge in [-0.15, -0.1) is 0 Å². The molecule has 0 saturated carbocycles. The highest BCUT2D eigenvalue weighted by Crippen LogP contribution is 2.36. The Morgan fingerprint density at radius 1 is 1.11 bits per heavy atom. The molecule has 0 radical (unpaired) electrons. The number of fused-ring (bicyclic) bond motifs is 1. The molecule has 2 N–H and O–H groups in total. The number of anilines is 2. The monoisotopic (exact) mass is 464 g/mol. The fraction of sp³-hybridized carbons (Fsp3) is 0.286. The van der Waals surface area contributed by atoms with Crippen molar-refractivity contribution in [2.75, 3.05) is 30.3 Å². The summed E-state index contributed by atoms with van der Waals surface area (Å²) in [5.41, 5.74) is 7.72. The number of carbonyl (C=O) groups is 1. The molecule has 2 aliphatic heterocycles. The molecule has 2 aromatic heterocycles. The molecule has 1 aromatic carbocycles. The Morgan fingerprint density at radius 2 is 1.97 bits per heavy atom. The lowest BCUT2D eigenvalue weighted by Crippen LogP contribution is -2.22. The van der Waals surface area contributed by atoms with Gasteiger partial charge in [-0.3, -0.25) is 14.7 Å². The summed E-state index contributed by atoms with van der Waals surface area (Å²) < 4.78 is 0. The molecule has 0 aliphatic carbocycles. The highest BCUT2D eigenvalue weighted by Gasteiger charge is 2.24. The van der Waals surface area contributed by atoms with Crippen LogP contribution in [0.15, 0.2) is 60.6 Å². The average molecular weight is 465 g/mol. The predicted molar refractivity (Wildman–Crippen MR) is 137 cm³/mol. The maximum Gasteiger partial charge on any atom is 0.256 e. The van der Waals surface area contributed by atoms with E-state index < -0.39 is 0 Å². The Bertz CT molecular complexity index is 1320. The lowest BCUT2D eigenvalue weighted by molar-refractivity contribution is -0.111. The van der Waals surface area contributed by atoms with E-state index in [4.69, 9.17) is 5.26 Å². The van der Waals surface area contributed by atoms with Gasteiger partial charge in [0.25, 0.3) is 5.91 Å². The van der Waals surface area contributed by atoms with Crippen LogP contribution in [-0.4, -0.2) is 40.4 Å². The van der Waals surface area contributed by atoms with Gasteiger partial charge in [-0.25, -0.2) is 4.98 Å². The van der Waals surface area contributed by atoms with Gasteiger partial charge in [-0.05, 0) is 79.4 Å². The summed E-state index contributed by atoms with van der Waals surface area (Å²) in [6.07, 6.45) is 8.64. The SMILES string of the molecule is CCC1=C(C(=O)Nc2ccc(C#N)nc2)c2cc(-c3cncc(CN4CCCC4)c3)ccc2NC1. The Hall–Kier alpha value is -4.02. The van der Waals surface area contributed by atoms with Crippen LogP contribution in [0.25, 0.3) is 16.7 Å². The molecule has 0 bridgehead atoms. The maximum absolute atomic E-state index is 13.4. The Kier molecular flexibility index (Phi) is 6.55. The molecule has 7 heteroatoms. The van der Waals surface area contributed by atoms with Gasteiger partial charge in [0.05, 0.1) is 11.9 Å². The smallest absolute Gasteiger partial charge is 0.256 e. The number of nitrogens with zero attached hydrogens (tertiary/aromatic N) is 4. The molecular formula is C28H28N6O. The van der Waals surface area contributed by atoms with Gasteiger partial charge in [0, 0.05) is 47.9 Å². The molecule has 0 unspecified atom stereocenters. The third-order valence-corrected chi connectivity index (χ3v) is 6.66. The van der Waals surface area contributed by atoms with Crippen molar-refractivity contribution in [3.05, 3.63) is 77.4 Å². The van der Waals surface area contributed by atoms with Crippen LogP contribution in [0.4, 0.5) is 11.4 Å². The quantitative estimate of drug-likeness (QED) is 0.542. The highest BCUT2D eigenvalue weighted by molar-refractivity contribution is 6.28. The second-order valence-electron chi connectivity index (χ2n) is 9.01. The third kappa shape index (κ3) is 4.93. The number of nitriles is 1. The number of pyridine rings is 2. The first kappa shape index (κ1) is 22.8. The number of rotatable bonds is 6. The minimum atomic E-state index is -0.172. The van der Waals surface area contributed by atoms with Crippen LogP contribution in [0, 0.1) is 11.3 Å². The van der Waals surface area contributed by atoms with Crippen molar-refractivity contribution in [3.8, 4) is 17.2 Å². The van der Waals surface area contributed by atoms with E-state index in [1.54, 1.807) is 12.1 Å². The Labute approximate surface area is 205 Å². The molecule has 7 nitrogen and oxygen atoms in total. The standard InChI is InChI=1S/C28H28N6O/c1-2-20-16-32-26-8-5-21(22-11-19(14-30-15-22)18-34-9-3-4-10-34)12-25(26)27(20)28(35)33-24-7-6-23(13-29)31-17-24/h5-8,11-12,14-15,17,32H,2-4,9-10,16,18H2,1H3,(H,33,35). The largest absolute Gasteiger partial charge is 0.381 e. The fourth-order valence-electron chi connectivity index (χ4n) is 4.81. The van der Waals surface area contributed by atoms with Gasteiger partial charge in [0.15, 0.2) is 0 Å². The summed E-state index contributed by atoms with van der Waals surface area (Å²) >= 11 is 0. The molecule has 4 heterocycles. The van der Waals surface area contributed by atoms with Crippen LogP contribution in [0.3, 0.4) is 0 Å². The van der Waals surface area contributed by atoms with Crippen molar-refractivity contribution in [2.24, 2.45) is 0 Å². The number of hydrogen-bond acceptors (Lipinski definition) is 6. The second kappa shape index (κ2) is 10.1. The van der Waals surface area contributed by atoms with Crippen LogP contribution >= 0.6 is 0 Å². The van der Waals surface area contributed by atoms with Crippen molar-refractivity contribution in [1.82, 2.24) is 14.9 Å². The Balaban J connectivity index is 1.45. The Morgan fingerprint density at radius 3 is 2.71 bits per heavy atom. The van der Waals surface area contributed by atoms with Gasteiger partial charge in [0.1, 0.15) is 11.8 Å². The molecular weight excluding hydrogens is 436 g/mol. The molecule has 3 aromatic rings. The molecule has 1 saturated heterocycles. The molecule has 2 aliphatic rings. The second-order valence-corrected chi connectivity index (χ2v) is 9.01. The minimum absolute atomic E-state index is 0.172. The molecule has 35 heavy (non-hydrogen) atoms. The molecule has 0 spiro atoms. The highest BCUT2D eigenvalue weighted by atomic mass is 16.1. The summed E-state index contributed by atoms with van der Waals surface area (Å²) in [5, 5.41) is 15.4. The number of carbonyl (C=O) groups excluding carboxylic acids is 1. The zero-order chi connectivity index (χ0) is 24.2. The van der Waals surface area contributed by atoms with E-state index in [0.717, 1.165) is 54.0 Å². The maximum atomic E-state index is 13.4. The van der Waals surface area contributed by atoms with Crippen molar-refractivity contribution in [3.63, 3.8) is 0 Å². The topological polar surface area (TPSA) is 93.9 Å². The number of likely N-dealkylation sites (tertiary alicyclic amines) is 1. The van der Waals surface area contributed by atoms with E-state index in [-0.39, 0.29) is 5.91 Å². The predicted octanol–water partition coefficient (Wildman–Crippen LogP) is 4.84. The summed E-state index contributed by atoms with van der Waals surface area (Å²) in [5.74, 6) is -0.172.